The van der Waals surface area contributed by atoms with Gasteiger partial charge in [-0.1, -0.05) is 35.9 Å². The summed E-state index contributed by atoms with van der Waals surface area (Å²) in [6, 6.07) is 15.5. The molecule has 0 aliphatic heterocycles. The van der Waals surface area contributed by atoms with Gasteiger partial charge in [0.2, 0.25) is 0 Å². The van der Waals surface area contributed by atoms with Crippen molar-refractivity contribution < 1.29 is 9.53 Å². The summed E-state index contributed by atoms with van der Waals surface area (Å²) < 4.78 is 5.36. The third-order valence-corrected chi connectivity index (χ3v) is 4.59. The smallest absolute Gasteiger partial charge is 0.274 e. The highest BCUT2D eigenvalue weighted by molar-refractivity contribution is 6.03. The summed E-state index contributed by atoms with van der Waals surface area (Å²) in [6.45, 7) is 6.64. The molecule has 0 bridgehead atoms. The summed E-state index contributed by atoms with van der Waals surface area (Å²) in [5, 5.41) is 6.28. The van der Waals surface area contributed by atoms with Crippen molar-refractivity contribution in [2.75, 3.05) is 17.7 Å². The second-order valence-corrected chi connectivity index (χ2v) is 6.83. The van der Waals surface area contributed by atoms with Crippen LogP contribution in [0.1, 0.15) is 32.7 Å². The number of rotatable bonds is 6. The molecule has 0 saturated heterocycles. The zero-order valence-electron chi connectivity index (χ0n) is 16.7. The lowest BCUT2D eigenvalue weighted by atomic mass is 10.0. The van der Waals surface area contributed by atoms with Crippen LogP contribution in [0.3, 0.4) is 0 Å². The summed E-state index contributed by atoms with van der Waals surface area (Å²) in [7, 11) is 1.66. The minimum atomic E-state index is -0.216. The first-order chi connectivity index (χ1) is 13.5. The van der Waals surface area contributed by atoms with E-state index in [4.69, 9.17) is 4.74 Å². The minimum absolute atomic E-state index is 0.216. The average molecular weight is 375 g/mol. The van der Waals surface area contributed by atoms with Crippen molar-refractivity contribution in [1.29, 1.82) is 0 Å². The van der Waals surface area contributed by atoms with Gasteiger partial charge in [-0.25, -0.2) is 4.98 Å². The van der Waals surface area contributed by atoms with E-state index in [0.29, 0.717) is 12.2 Å². The van der Waals surface area contributed by atoms with Crippen molar-refractivity contribution >= 4 is 17.3 Å². The van der Waals surface area contributed by atoms with Crippen LogP contribution in [0, 0.1) is 20.8 Å². The molecule has 0 spiro atoms. The molecule has 5 heteroatoms. The van der Waals surface area contributed by atoms with Gasteiger partial charge in [0.25, 0.3) is 5.91 Å². The molecular formula is C23H25N3O2. The molecule has 28 heavy (non-hydrogen) atoms. The van der Waals surface area contributed by atoms with Crippen LogP contribution in [0.2, 0.25) is 0 Å². The number of carbonyl (C=O) groups is 1. The second kappa shape index (κ2) is 8.57. The normalized spacial score (nSPS) is 10.4. The number of nitrogens with zero attached hydrogens (tertiary/aromatic N) is 1. The van der Waals surface area contributed by atoms with Crippen molar-refractivity contribution in [3.8, 4) is 5.75 Å². The Bertz CT molecular complexity index is 958. The van der Waals surface area contributed by atoms with Gasteiger partial charge >= 0.3 is 0 Å². The predicted molar refractivity (Wildman–Crippen MR) is 113 cm³/mol. The zero-order chi connectivity index (χ0) is 20.1. The number of hydrogen-bond acceptors (Lipinski definition) is 4. The van der Waals surface area contributed by atoms with E-state index >= 15 is 0 Å². The van der Waals surface area contributed by atoms with E-state index in [0.717, 1.165) is 33.8 Å². The summed E-state index contributed by atoms with van der Waals surface area (Å²) in [4.78, 5) is 16.9. The fourth-order valence-electron chi connectivity index (χ4n) is 3.23. The van der Waals surface area contributed by atoms with E-state index < -0.39 is 0 Å². The Labute approximate surface area is 165 Å². The van der Waals surface area contributed by atoms with Gasteiger partial charge in [0.15, 0.2) is 0 Å². The molecule has 0 atom stereocenters. The molecule has 3 aromatic rings. The molecule has 1 amide bonds. The van der Waals surface area contributed by atoms with Gasteiger partial charge in [-0.05, 0) is 50.1 Å². The number of anilines is 2. The highest BCUT2D eigenvalue weighted by Crippen LogP contribution is 2.23. The van der Waals surface area contributed by atoms with Crippen molar-refractivity contribution in [3.05, 3.63) is 82.7 Å². The van der Waals surface area contributed by atoms with E-state index in [1.54, 1.807) is 19.4 Å². The highest BCUT2D eigenvalue weighted by atomic mass is 16.5. The predicted octanol–water partition coefficient (Wildman–Crippen LogP) is 4.88. The van der Waals surface area contributed by atoms with E-state index in [1.165, 1.54) is 5.56 Å². The summed E-state index contributed by atoms with van der Waals surface area (Å²) in [5.41, 5.74) is 6.37. The molecule has 0 aliphatic carbocycles. The van der Waals surface area contributed by atoms with Crippen LogP contribution in [-0.2, 0) is 6.54 Å². The maximum atomic E-state index is 12.6. The van der Waals surface area contributed by atoms with Crippen molar-refractivity contribution in [1.82, 2.24) is 4.98 Å². The lowest BCUT2D eigenvalue weighted by Gasteiger charge is -2.13. The molecule has 144 valence electrons. The zero-order valence-corrected chi connectivity index (χ0v) is 16.7. The molecule has 0 aliphatic rings. The molecule has 3 rings (SSSR count). The third-order valence-electron chi connectivity index (χ3n) is 4.59. The first kappa shape index (κ1) is 19.4. The van der Waals surface area contributed by atoms with Crippen LogP contribution in [0.25, 0.3) is 0 Å². The number of amides is 1. The van der Waals surface area contributed by atoms with Crippen LogP contribution in [-0.4, -0.2) is 18.0 Å². The number of ether oxygens (including phenoxy) is 1. The maximum absolute atomic E-state index is 12.6. The fourth-order valence-corrected chi connectivity index (χ4v) is 3.23. The van der Waals surface area contributed by atoms with E-state index in [2.05, 4.69) is 27.8 Å². The molecule has 2 N–H and O–H groups in total. The number of aromatic nitrogens is 1. The van der Waals surface area contributed by atoms with Crippen molar-refractivity contribution in [2.24, 2.45) is 0 Å². The largest absolute Gasteiger partial charge is 0.496 e. The monoisotopic (exact) mass is 375 g/mol. The van der Waals surface area contributed by atoms with Crippen LogP contribution in [0.4, 0.5) is 11.4 Å². The summed E-state index contributed by atoms with van der Waals surface area (Å²) in [6.07, 6.45) is 1.67. The number of aryl methyl sites for hydroxylation is 3. The van der Waals surface area contributed by atoms with E-state index in [9.17, 15) is 4.79 Å². The molecule has 5 nitrogen and oxygen atoms in total. The fraction of sp³-hybridized carbons (Fsp3) is 0.217. The lowest BCUT2D eigenvalue weighted by molar-refractivity contribution is 0.102. The van der Waals surface area contributed by atoms with Gasteiger partial charge in [0.05, 0.1) is 19.0 Å². The summed E-state index contributed by atoms with van der Waals surface area (Å²) in [5.74, 6) is 0.620. The van der Waals surface area contributed by atoms with Gasteiger partial charge in [-0.3, -0.25) is 4.79 Å². The summed E-state index contributed by atoms with van der Waals surface area (Å²) >= 11 is 0. The van der Waals surface area contributed by atoms with Gasteiger partial charge in [0, 0.05) is 17.8 Å². The number of benzene rings is 2. The number of nitrogens with one attached hydrogen (secondary N) is 2. The molecular weight excluding hydrogens is 350 g/mol. The van der Waals surface area contributed by atoms with E-state index in [1.807, 2.05) is 51.1 Å². The van der Waals surface area contributed by atoms with Crippen molar-refractivity contribution in [3.63, 3.8) is 0 Å². The first-order valence-corrected chi connectivity index (χ1v) is 9.19. The van der Waals surface area contributed by atoms with Crippen LogP contribution >= 0.6 is 0 Å². The number of methoxy groups -OCH3 is 1. The number of pyridine rings is 1. The average Bonchev–Trinajstić information content (AvgIpc) is 2.69. The number of para-hydroxylation sites is 1. The molecule has 1 heterocycles. The standard InChI is InChI=1S/C23H25N3O2/c1-15-11-16(2)22(17(3)12-15)26-23(27)20-10-9-19(14-25-20)24-13-18-7-5-6-8-21(18)28-4/h5-12,14,24H,13H2,1-4H3,(H,26,27). The van der Waals surface area contributed by atoms with Crippen LogP contribution in [0.5, 0.6) is 5.75 Å². The Morgan fingerprint density at radius 2 is 1.75 bits per heavy atom. The second-order valence-electron chi connectivity index (χ2n) is 6.83. The number of hydrogen-bond donors (Lipinski definition) is 2. The third kappa shape index (κ3) is 4.49. The lowest BCUT2D eigenvalue weighted by Crippen LogP contribution is -2.15. The molecule has 0 saturated carbocycles. The quantitative estimate of drug-likeness (QED) is 0.644. The van der Waals surface area contributed by atoms with Crippen molar-refractivity contribution in [2.45, 2.75) is 27.3 Å². The first-order valence-electron chi connectivity index (χ1n) is 9.19. The topological polar surface area (TPSA) is 63.2 Å². The number of carbonyl (C=O) groups excluding carboxylic acids is 1. The molecule has 0 unspecified atom stereocenters. The van der Waals surface area contributed by atoms with Gasteiger partial charge < -0.3 is 15.4 Å². The maximum Gasteiger partial charge on any atom is 0.274 e. The molecule has 1 aromatic heterocycles. The Hall–Kier alpha value is -3.34. The Kier molecular flexibility index (Phi) is 5.94. The van der Waals surface area contributed by atoms with Gasteiger partial charge in [-0.15, -0.1) is 0 Å². The molecule has 2 aromatic carbocycles. The highest BCUT2D eigenvalue weighted by Gasteiger charge is 2.11. The van der Waals surface area contributed by atoms with Crippen LogP contribution < -0.4 is 15.4 Å². The molecule has 0 fully saturated rings. The minimum Gasteiger partial charge on any atom is -0.496 e. The van der Waals surface area contributed by atoms with E-state index in [-0.39, 0.29) is 5.91 Å². The Morgan fingerprint density at radius 1 is 1.04 bits per heavy atom. The van der Waals surface area contributed by atoms with Gasteiger partial charge in [-0.2, -0.15) is 0 Å². The SMILES string of the molecule is COc1ccccc1CNc1ccc(C(=O)Nc2c(C)cc(C)cc2C)nc1. The Morgan fingerprint density at radius 3 is 2.39 bits per heavy atom. The van der Waals surface area contributed by atoms with Gasteiger partial charge in [0.1, 0.15) is 11.4 Å². The molecule has 0 radical (unpaired) electrons. The van der Waals surface area contributed by atoms with Crippen LogP contribution in [0.15, 0.2) is 54.7 Å². The Balaban J connectivity index is 1.66.